The Morgan fingerprint density at radius 1 is 1.04 bits per heavy atom. The van der Waals surface area contributed by atoms with Gasteiger partial charge in [-0.1, -0.05) is 51.8 Å². The minimum atomic E-state index is -0.199. The number of hydrogen-bond donors (Lipinski definition) is 2. The molecule has 0 aliphatic carbocycles. The van der Waals surface area contributed by atoms with Gasteiger partial charge in [-0.25, -0.2) is 9.97 Å². The Morgan fingerprint density at radius 2 is 1.76 bits per heavy atom. The zero-order chi connectivity index (χ0) is 18.1. The molecule has 1 aromatic heterocycles. The fourth-order valence-corrected chi connectivity index (χ4v) is 2.73. The van der Waals surface area contributed by atoms with Crippen LogP contribution in [0.4, 0.5) is 11.6 Å². The van der Waals surface area contributed by atoms with E-state index in [1.807, 2.05) is 6.07 Å². The zero-order valence-electron chi connectivity index (χ0n) is 15.4. The van der Waals surface area contributed by atoms with E-state index in [1.54, 1.807) is 12.3 Å². The van der Waals surface area contributed by atoms with Crippen molar-refractivity contribution in [3.05, 3.63) is 47.3 Å². The maximum Gasteiger partial charge on any atom is 0.274 e. The molecule has 0 unspecified atom stereocenters. The van der Waals surface area contributed by atoms with Crippen LogP contribution < -0.4 is 10.6 Å². The van der Waals surface area contributed by atoms with Crippen LogP contribution in [-0.4, -0.2) is 22.4 Å². The molecule has 1 heterocycles. The van der Waals surface area contributed by atoms with Crippen molar-refractivity contribution in [2.75, 3.05) is 17.2 Å². The highest BCUT2D eigenvalue weighted by Crippen LogP contribution is 2.23. The van der Waals surface area contributed by atoms with Crippen LogP contribution in [-0.2, 0) is 12.8 Å². The summed E-state index contributed by atoms with van der Waals surface area (Å²) in [5, 5.41) is 6.23. The van der Waals surface area contributed by atoms with Gasteiger partial charge < -0.3 is 10.6 Å². The van der Waals surface area contributed by atoms with Crippen LogP contribution in [0, 0.1) is 0 Å². The van der Waals surface area contributed by atoms with Crippen molar-refractivity contribution in [2.24, 2.45) is 0 Å². The molecule has 2 aromatic rings. The van der Waals surface area contributed by atoms with Gasteiger partial charge in [0.25, 0.3) is 5.91 Å². The Hall–Kier alpha value is -2.43. The number of hydrogen-bond acceptors (Lipinski definition) is 4. The summed E-state index contributed by atoms with van der Waals surface area (Å²) in [6.45, 7) is 7.17. The molecule has 0 fully saturated rings. The lowest BCUT2D eigenvalue weighted by Crippen LogP contribution is -2.17. The zero-order valence-corrected chi connectivity index (χ0v) is 15.4. The Bertz CT molecular complexity index is 678. The number of aromatic nitrogens is 2. The van der Waals surface area contributed by atoms with Crippen LogP contribution in [0.25, 0.3) is 0 Å². The lowest BCUT2D eigenvalue weighted by molar-refractivity contribution is 0.102. The SMILES string of the molecule is CCCCCNc1nccc(C(=O)Nc2c(CC)cccc2CC)n1. The predicted octanol–water partition coefficient (Wildman–Crippen LogP) is 4.46. The average Bonchev–Trinajstić information content (AvgIpc) is 2.65. The summed E-state index contributed by atoms with van der Waals surface area (Å²) in [4.78, 5) is 21.2. The minimum absolute atomic E-state index is 0.199. The number of carbonyl (C=O) groups excluding carboxylic acids is 1. The molecule has 25 heavy (non-hydrogen) atoms. The fourth-order valence-electron chi connectivity index (χ4n) is 2.73. The Morgan fingerprint density at radius 3 is 2.40 bits per heavy atom. The fraction of sp³-hybridized carbons (Fsp3) is 0.450. The number of para-hydroxylation sites is 1. The number of carbonyl (C=O) groups is 1. The smallest absolute Gasteiger partial charge is 0.274 e. The van der Waals surface area contributed by atoms with E-state index in [0.717, 1.165) is 42.6 Å². The number of aryl methyl sites for hydroxylation is 2. The summed E-state index contributed by atoms with van der Waals surface area (Å²) < 4.78 is 0. The lowest BCUT2D eigenvalue weighted by Gasteiger charge is -2.14. The van der Waals surface area contributed by atoms with Crippen molar-refractivity contribution in [1.82, 2.24) is 9.97 Å². The van der Waals surface area contributed by atoms with E-state index in [2.05, 4.69) is 53.5 Å². The van der Waals surface area contributed by atoms with E-state index in [1.165, 1.54) is 12.8 Å². The van der Waals surface area contributed by atoms with Crippen LogP contribution in [0.15, 0.2) is 30.5 Å². The van der Waals surface area contributed by atoms with Crippen molar-refractivity contribution >= 4 is 17.5 Å². The highest BCUT2D eigenvalue weighted by atomic mass is 16.1. The van der Waals surface area contributed by atoms with E-state index >= 15 is 0 Å². The second kappa shape index (κ2) is 9.77. The van der Waals surface area contributed by atoms with Crippen LogP contribution >= 0.6 is 0 Å². The maximum atomic E-state index is 12.6. The summed E-state index contributed by atoms with van der Waals surface area (Å²) >= 11 is 0. The standard InChI is InChI=1S/C20H28N4O/c1-4-7-8-13-21-20-22-14-12-17(23-20)19(25)24-18-15(5-2)10-9-11-16(18)6-3/h9-12,14H,4-8,13H2,1-3H3,(H,24,25)(H,21,22,23). The topological polar surface area (TPSA) is 66.9 Å². The summed E-state index contributed by atoms with van der Waals surface area (Å²) in [6.07, 6.45) is 6.77. The molecule has 2 rings (SSSR count). The normalized spacial score (nSPS) is 10.5. The average molecular weight is 340 g/mol. The summed E-state index contributed by atoms with van der Waals surface area (Å²) in [6, 6.07) is 7.79. The number of amides is 1. The van der Waals surface area contributed by atoms with Crippen molar-refractivity contribution in [3.8, 4) is 0 Å². The predicted molar refractivity (Wildman–Crippen MR) is 103 cm³/mol. The van der Waals surface area contributed by atoms with Gasteiger partial charge in [0.05, 0.1) is 0 Å². The Labute approximate surface area is 150 Å². The van der Waals surface area contributed by atoms with E-state index in [-0.39, 0.29) is 5.91 Å². The second-order valence-corrected chi connectivity index (χ2v) is 6.01. The first-order valence-electron chi connectivity index (χ1n) is 9.18. The van der Waals surface area contributed by atoms with Crippen molar-refractivity contribution in [2.45, 2.75) is 52.9 Å². The Balaban J connectivity index is 2.11. The van der Waals surface area contributed by atoms with E-state index < -0.39 is 0 Å². The van der Waals surface area contributed by atoms with Crippen molar-refractivity contribution < 1.29 is 4.79 Å². The summed E-state index contributed by atoms with van der Waals surface area (Å²) in [5.41, 5.74) is 3.56. The largest absolute Gasteiger partial charge is 0.354 e. The quantitative estimate of drug-likeness (QED) is 0.662. The van der Waals surface area contributed by atoms with Gasteiger partial charge in [-0.05, 0) is 36.5 Å². The first kappa shape index (κ1) is 18.9. The van der Waals surface area contributed by atoms with Gasteiger partial charge in [-0.15, -0.1) is 0 Å². The number of rotatable bonds is 9. The lowest BCUT2D eigenvalue weighted by atomic mass is 10.0. The van der Waals surface area contributed by atoms with Gasteiger partial charge in [0.1, 0.15) is 5.69 Å². The summed E-state index contributed by atoms with van der Waals surface area (Å²) in [7, 11) is 0. The molecule has 0 saturated carbocycles. The molecule has 0 bridgehead atoms. The molecular formula is C20H28N4O. The Kier molecular flexibility index (Phi) is 7.38. The van der Waals surface area contributed by atoms with E-state index in [0.29, 0.717) is 11.6 Å². The molecule has 0 aliphatic rings. The molecule has 0 atom stereocenters. The molecule has 0 aliphatic heterocycles. The maximum absolute atomic E-state index is 12.6. The van der Waals surface area contributed by atoms with Gasteiger partial charge >= 0.3 is 0 Å². The van der Waals surface area contributed by atoms with Crippen LogP contribution in [0.3, 0.4) is 0 Å². The second-order valence-electron chi connectivity index (χ2n) is 6.01. The van der Waals surface area contributed by atoms with Crippen LogP contribution in [0.1, 0.15) is 61.6 Å². The number of anilines is 2. The minimum Gasteiger partial charge on any atom is -0.354 e. The number of nitrogens with one attached hydrogen (secondary N) is 2. The third-order valence-corrected chi connectivity index (χ3v) is 4.19. The molecule has 2 N–H and O–H groups in total. The van der Waals surface area contributed by atoms with Crippen molar-refractivity contribution in [1.29, 1.82) is 0 Å². The molecule has 5 nitrogen and oxygen atoms in total. The molecular weight excluding hydrogens is 312 g/mol. The van der Waals surface area contributed by atoms with Gasteiger partial charge in [0.15, 0.2) is 0 Å². The molecule has 1 aromatic carbocycles. The molecule has 0 radical (unpaired) electrons. The number of nitrogens with zero attached hydrogens (tertiary/aromatic N) is 2. The first-order chi connectivity index (χ1) is 12.2. The molecule has 0 spiro atoms. The van der Waals surface area contributed by atoms with Crippen LogP contribution in [0.5, 0.6) is 0 Å². The molecule has 1 amide bonds. The third-order valence-electron chi connectivity index (χ3n) is 4.19. The van der Waals surface area contributed by atoms with Gasteiger partial charge in [-0.2, -0.15) is 0 Å². The van der Waals surface area contributed by atoms with E-state index in [4.69, 9.17) is 0 Å². The molecule has 0 saturated heterocycles. The number of benzene rings is 1. The highest BCUT2D eigenvalue weighted by Gasteiger charge is 2.13. The number of unbranched alkanes of at least 4 members (excludes halogenated alkanes) is 2. The van der Waals surface area contributed by atoms with E-state index in [9.17, 15) is 4.79 Å². The molecule has 5 heteroatoms. The monoisotopic (exact) mass is 340 g/mol. The molecule has 134 valence electrons. The first-order valence-corrected chi connectivity index (χ1v) is 9.18. The van der Waals surface area contributed by atoms with Gasteiger partial charge in [0, 0.05) is 18.4 Å². The van der Waals surface area contributed by atoms with Crippen molar-refractivity contribution in [3.63, 3.8) is 0 Å². The summed E-state index contributed by atoms with van der Waals surface area (Å²) in [5.74, 6) is 0.304. The van der Waals surface area contributed by atoms with Gasteiger partial charge in [-0.3, -0.25) is 4.79 Å². The van der Waals surface area contributed by atoms with Gasteiger partial charge in [0.2, 0.25) is 5.95 Å². The highest BCUT2D eigenvalue weighted by molar-refractivity contribution is 6.03. The van der Waals surface area contributed by atoms with Crippen LogP contribution in [0.2, 0.25) is 0 Å². The third kappa shape index (κ3) is 5.28.